The lowest BCUT2D eigenvalue weighted by atomic mass is 9.83. The largest absolute Gasteiger partial charge is 0.381 e. The molecular weight excluding hydrogens is 268 g/mol. The molecule has 1 aliphatic rings. The molecule has 3 rings (SSSR count). The summed E-state index contributed by atoms with van der Waals surface area (Å²) in [7, 11) is 0. The van der Waals surface area contributed by atoms with Crippen LogP contribution >= 0.6 is 15.9 Å². The van der Waals surface area contributed by atoms with Crippen LogP contribution in [-0.2, 0) is 6.42 Å². The van der Waals surface area contributed by atoms with Crippen LogP contribution in [0.25, 0.3) is 11.3 Å². The molecule has 0 amide bonds. The maximum Gasteiger partial charge on any atom is 0.172 e. The van der Waals surface area contributed by atoms with Gasteiger partial charge >= 0.3 is 0 Å². The van der Waals surface area contributed by atoms with Crippen molar-refractivity contribution in [2.75, 3.05) is 5.73 Å². The standard InChI is InChI=1S/C12H11BrN2O/c1-6-4-10-11(16-15-12(10)14)9-5-7(13)2-3-8(6)9/h2-3,5-6H,4H2,1H3,(H2,14,15)/t6-/m1/s1. The first kappa shape index (κ1) is 9.90. The summed E-state index contributed by atoms with van der Waals surface area (Å²) in [6, 6.07) is 6.25. The van der Waals surface area contributed by atoms with Gasteiger partial charge in [-0.1, -0.05) is 34.1 Å². The number of nitrogen functional groups attached to an aromatic ring is 1. The van der Waals surface area contributed by atoms with Crippen molar-refractivity contribution in [3.05, 3.63) is 33.8 Å². The van der Waals surface area contributed by atoms with E-state index in [0.29, 0.717) is 11.7 Å². The SMILES string of the molecule is C[C@@H]1Cc2c(N)noc2-c2cc(Br)ccc21. The van der Waals surface area contributed by atoms with Gasteiger partial charge in [-0.3, -0.25) is 0 Å². The third-order valence-corrected chi connectivity index (χ3v) is 3.61. The van der Waals surface area contributed by atoms with E-state index in [1.807, 2.05) is 0 Å². The van der Waals surface area contributed by atoms with Crippen LogP contribution in [0.15, 0.2) is 27.2 Å². The van der Waals surface area contributed by atoms with Gasteiger partial charge in [0.25, 0.3) is 0 Å². The molecule has 2 N–H and O–H groups in total. The van der Waals surface area contributed by atoms with Crippen molar-refractivity contribution >= 4 is 21.7 Å². The third-order valence-electron chi connectivity index (χ3n) is 3.12. The van der Waals surface area contributed by atoms with Crippen LogP contribution in [0.2, 0.25) is 0 Å². The lowest BCUT2D eigenvalue weighted by molar-refractivity contribution is 0.432. The van der Waals surface area contributed by atoms with E-state index in [1.54, 1.807) is 0 Å². The van der Waals surface area contributed by atoms with E-state index in [1.165, 1.54) is 5.56 Å². The minimum Gasteiger partial charge on any atom is -0.381 e. The molecule has 1 atom stereocenters. The van der Waals surface area contributed by atoms with Crippen molar-refractivity contribution in [1.82, 2.24) is 5.16 Å². The number of hydrogen-bond acceptors (Lipinski definition) is 3. The van der Waals surface area contributed by atoms with Crippen LogP contribution in [0.3, 0.4) is 0 Å². The van der Waals surface area contributed by atoms with Crippen molar-refractivity contribution in [2.45, 2.75) is 19.3 Å². The van der Waals surface area contributed by atoms with Gasteiger partial charge in [0.1, 0.15) is 0 Å². The van der Waals surface area contributed by atoms with Gasteiger partial charge in [-0.05, 0) is 30.0 Å². The number of nitrogens with two attached hydrogens (primary N) is 1. The molecule has 4 heteroatoms. The van der Waals surface area contributed by atoms with E-state index in [4.69, 9.17) is 10.3 Å². The molecule has 3 nitrogen and oxygen atoms in total. The second-order valence-electron chi connectivity index (χ2n) is 4.21. The Morgan fingerprint density at radius 1 is 1.50 bits per heavy atom. The highest BCUT2D eigenvalue weighted by atomic mass is 79.9. The second-order valence-corrected chi connectivity index (χ2v) is 5.13. The van der Waals surface area contributed by atoms with Crippen LogP contribution in [0.5, 0.6) is 0 Å². The smallest absolute Gasteiger partial charge is 0.172 e. The Morgan fingerprint density at radius 3 is 3.12 bits per heavy atom. The highest BCUT2D eigenvalue weighted by Crippen LogP contribution is 2.42. The van der Waals surface area contributed by atoms with Gasteiger partial charge in [-0.2, -0.15) is 0 Å². The van der Waals surface area contributed by atoms with Crippen molar-refractivity contribution in [3.63, 3.8) is 0 Å². The predicted molar refractivity (Wildman–Crippen MR) is 66.2 cm³/mol. The number of halogens is 1. The number of hydrogen-bond donors (Lipinski definition) is 1. The Balaban J connectivity index is 2.30. The summed E-state index contributed by atoms with van der Waals surface area (Å²) in [5.74, 6) is 1.80. The molecule has 16 heavy (non-hydrogen) atoms. The molecule has 0 fully saturated rings. The monoisotopic (exact) mass is 278 g/mol. The van der Waals surface area contributed by atoms with Crippen molar-refractivity contribution in [1.29, 1.82) is 0 Å². The fraction of sp³-hybridized carbons (Fsp3) is 0.250. The predicted octanol–water partition coefficient (Wildman–Crippen LogP) is 3.35. The fourth-order valence-corrected chi connectivity index (χ4v) is 2.66. The van der Waals surface area contributed by atoms with Gasteiger partial charge < -0.3 is 10.3 Å². The zero-order valence-corrected chi connectivity index (χ0v) is 10.4. The van der Waals surface area contributed by atoms with Crippen LogP contribution in [-0.4, -0.2) is 5.16 Å². The van der Waals surface area contributed by atoms with E-state index in [0.717, 1.165) is 27.8 Å². The molecule has 1 aromatic heterocycles. The first-order valence-electron chi connectivity index (χ1n) is 5.20. The highest BCUT2D eigenvalue weighted by molar-refractivity contribution is 9.10. The molecule has 1 heterocycles. The Kier molecular flexibility index (Phi) is 2.07. The first-order chi connectivity index (χ1) is 7.66. The molecule has 0 spiro atoms. The Labute approximate surface area is 102 Å². The summed E-state index contributed by atoms with van der Waals surface area (Å²) in [6.45, 7) is 2.20. The van der Waals surface area contributed by atoms with Gasteiger partial charge in [0.05, 0.1) is 0 Å². The van der Waals surface area contributed by atoms with Crippen LogP contribution in [0, 0.1) is 0 Å². The number of nitrogens with zero attached hydrogens (tertiary/aromatic N) is 1. The molecule has 0 unspecified atom stereocenters. The molecule has 0 saturated carbocycles. The quantitative estimate of drug-likeness (QED) is 0.804. The summed E-state index contributed by atoms with van der Waals surface area (Å²) in [5, 5.41) is 3.85. The maximum atomic E-state index is 5.80. The molecular formula is C12H11BrN2O. The molecule has 82 valence electrons. The average Bonchev–Trinajstić information content (AvgIpc) is 2.61. The minimum absolute atomic E-state index is 0.456. The van der Waals surface area contributed by atoms with E-state index in [9.17, 15) is 0 Å². The summed E-state index contributed by atoms with van der Waals surface area (Å²) >= 11 is 3.48. The lowest BCUT2D eigenvalue weighted by Crippen LogP contribution is -2.08. The molecule has 1 aromatic carbocycles. The fourth-order valence-electron chi connectivity index (χ4n) is 2.30. The molecule has 0 aliphatic heterocycles. The van der Waals surface area contributed by atoms with Gasteiger partial charge in [0.15, 0.2) is 11.6 Å². The van der Waals surface area contributed by atoms with Gasteiger partial charge in [-0.15, -0.1) is 0 Å². The van der Waals surface area contributed by atoms with Gasteiger partial charge in [0.2, 0.25) is 0 Å². The Hall–Kier alpha value is -1.29. The average molecular weight is 279 g/mol. The number of benzene rings is 1. The highest BCUT2D eigenvalue weighted by Gasteiger charge is 2.27. The van der Waals surface area contributed by atoms with Crippen molar-refractivity contribution in [3.8, 4) is 11.3 Å². The van der Waals surface area contributed by atoms with Gasteiger partial charge in [0, 0.05) is 15.6 Å². The lowest BCUT2D eigenvalue weighted by Gasteiger charge is -2.21. The Bertz CT molecular complexity index is 562. The molecule has 2 aromatic rings. The zero-order chi connectivity index (χ0) is 11.3. The van der Waals surface area contributed by atoms with Crippen LogP contribution in [0.1, 0.15) is 24.0 Å². The number of aromatic nitrogens is 1. The Morgan fingerprint density at radius 2 is 2.31 bits per heavy atom. The summed E-state index contributed by atoms with van der Waals surface area (Å²) in [5.41, 5.74) is 9.24. The van der Waals surface area contributed by atoms with Crippen LogP contribution in [0.4, 0.5) is 5.82 Å². The molecule has 0 radical (unpaired) electrons. The normalized spacial score (nSPS) is 18.0. The number of rotatable bonds is 0. The second kappa shape index (κ2) is 3.35. The zero-order valence-electron chi connectivity index (χ0n) is 8.83. The third kappa shape index (κ3) is 1.29. The summed E-state index contributed by atoms with van der Waals surface area (Å²) in [4.78, 5) is 0. The summed E-state index contributed by atoms with van der Waals surface area (Å²) < 4.78 is 6.36. The topological polar surface area (TPSA) is 52.0 Å². The van der Waals surface area contributed by atoms with Crippen molar-refractivity contribution in [2.24, 2.45) is 0 Å². The van der Waals surface area contributed by atoms with Crippen molar-refractivity contribution < 1.29 is 4.52 Å². The van der Waals surface area contributed by atoms with Crippen LogP contribution < -0.4 is 5.73 Å². The first-order valence-corrected chi connectivity index (χ1v) is 6.00. The maximum absolute atomic E-state index is 5.80. The minimum atomic E-state index is 0.456. The molecule has 1 aliphatic carbocycles. The molecule has 0 bridgehead atoms. The van der Waals surface area contributed by atoms with E-state index < -0.39 is 0 Å². The number of anilines is 1. The van der Waals surface area contributed by atoms with Gasteiger partial charge in [-0.25, -0.2) is 0 Å². The summed E-state index contributed by atoms with van der Waals surface area (Å²) in [6.07, 6.45) is 0.902. The molecule has 0 saturated heterocycles. The van der Waals surface area contributed by atoms with E-state index >= 15 is 0 Å². The van der Waals surface area contributed by atoms with E-state index in [-0.39, 0.29) is 0 Å². The van der Waals surface area contributed by atoms with E-state index in [2.05, 4.69) is 46.2 Å². The number of fused-ring (bicyclic) bond motifs is 3.